The second-order valence-corrected chi connectivity index (χ2v) is 4.05. The number of nitro groups is 1. The molecule has 0 saturated carbocycles. The maximum atomic E-state index is 11.6. The van der Waals surface area contributed by atoms with Gasteiger partial charge in [-0.1, -0.05) is 36.3 Å². The molecule has 7 nitrogen and oxygen atoms in total. The smallest absolute Gasteiger partial charge is 0.356 e. The summed E-state index contributed by atoms with van der Waals surface area (Å²) < 4.78 is 5.00. The van der Waals surface area contributed by atoms with E-state index in [-0.39, 0.29) is 18.7 Å². The Hall–Kier alpha value is -2.44. The zero-order chi connectivity index (χ0) is 15.0. The average molecular weight is 280 g/mol. The van der Waals surface area contributed by atoms with Crippen LogP contribution < -0.4 is 0 Å². The van der Waals surface area contributed by atoms with Crippen molar-refractivity contribution in [3.63, 3.8) is 0 Å². The molecular weight excluding hydrogens is 264 g/mol. The Morgan fingerprint density at radius 2 is 2.05 bits per heavy atom. The number of hydrogen-bond acceptors (Lipinski definition) is 6. The maximum Gasteiger partial charge on any atom is 0.356 e. The summed E-state index contributed by atoms with van der Waals surface area (Å²) in [7, 11) is 0. The topological polar surface area (TPSA) is 102 Å². The lowest BCUT2D eigenvalue weighted by Gasteiger charge is -2.08. The zero-order valence-corrected chi connectivity index (χ0v) is 11.1. The second kappa shape index (κ2) is 7.88. The van der Waals surface area contributed by atoms with Crippen LogP contribution in [0.5, 0.6) is 0 Å². The number of aryl methyl sites for hydroxylation is 1. The highest BCUT2D eigenvalue weighted by Crippen LogP contribution is 2.11. The molecule has 0 amide bonds. The van der Waals surface area contributed by atoms with Gasteiger partial charge in [-0.25, -0.2) is 4.79 Å². The first-order valence-electron chi connectivity index (χ1n) is 6.15. The van der Waals surface area contributed by atoms with E-state index in [1.165, 1.54) is 0 Å². The number of carbonyl (C=O) groups is 1. The van der Waals surface area contributed by atoms with Crippen molar-refractivity contribution in [1.82, 2.24) is 0 Å². The van der Waals surface area contributed by atoms with Gasteiger partial charge in [0.15, 0.2) is 5.71 Å². The van der Waals surface area contributed by atoms with Crippen molar-refractivity contribution in [3.05, 3.63) is 45.5 Å². The number of rotatable bonds is 7. The molecule has 7 heteroatoms. The molecule has 1 aromatic rings. The van der Waals surface area contributed by atoms with Gasteiger partial charge in [-0.2, -0.15) is 0 Å². The van der Waals surface area contributed by atoms with Gasteiger partial charge in [0.05, 0.1) is 6.42 Å². The number of esters is 1. The van der Waals surface area contributed by atoms with Gasteiger partial charge >= 0.3 is 5.97 Å². The van der Waals surface area contributed by atoms with Crippen molar-refractivity contribution in [2.45, 2.75) is 26.4 Å². The molecule has 0 bridgehead atoms. The van der Waals surface area contributed by atoms with Crippen LogP contribution >= 0.6 is 0 Å². The molecular formula is C13H16N2O5. The van der Waals surface area contributed by atoms with Crippen molar-refractivity contribution >= 4 is 11.7 Å². The standard InChI is InChI=1S/C13H16N2O5/c1-2-10-5-3-4-6-11(10)9-20-13(16)12(14-17)7-8-15(18)19/h3-6,17H,2,7-9H2,1H3. The van der Waals surface area contributed by atoms with E-state index in [0.29, 0.717) is 0 Å². The van der Waals surface area contributed by atoms with E-state index in [4.69, 9.17) is 9.94 Å². The first-order valence-corrected chi connectivity index (χ1v) is 6.15. The molecule has 0 unspecified atom stereocenters. The highest BCUT2D eigenvalue weighted by Gasteiger charge is 2.17. The first kappa shape index (κ1) is 15.6. The summed E-state index contributed by atoms with van der Waals surface area (Å²) in [5.41, 5.74) is 1.55. The third kappa shape index (κ3) is 4.68. The molecule has 0 aliphatic heterocycles. The maximum absolute atomic E-state index is 11.6. The lowest BCUT2D eigenvalue weighted by molar-refractivity contribution is -0.478. The number of ether oxygens (including phenoxy) is 1. The predicted molar refractivity (Wildman–Crippen MR) is 71.3 cm³/mol. The van der Waals surface area contributed by atoms with E-state index in [9.17, 15) is 14.9 Å². The van der Waals surface area contributed by atoms with E-state index >= 15 is 0 Å². The van der Waals surface area contributed by atoms with Crippen LogP contribution in [0.15, 0.2) is 29.4 Å². The highest BCUT2D eigenvalue weighted by molar-refractivity contribution is 6.36. The fourth-order valence-corrected chi connectivity index (χ4v) is 1.66. The quantitative estimate of drug-likeness (QED) is 0.270. The van der Waals surface area contributed by atoms with Gasteiger partial charge in [0.25, 0.3) is 0 Å². The highest BCUT2D eigenvalue weighted by atomic mass is 16.6. The Labute approximate surface area is 116 Å². The van der Waals surface area contributed by atoms with Crippen LogP contribution in [0.2, 0.25) is 0 Å². The molecule has 1 aromatic carbocycles. The number of benzene rings is 1. The van der Waals surface area contributed by atoms with Gasteiger partial charge in [0.2, 0.25) is 6.54 Å². The Morgan fingerprint density at radius 3 is 2.60 bits per heavy atom. The van der Waals surface area contributed by atoms with Crippen molar-refractivity contribution in [2.75, 3.05) is 6.54 Å². The number of hydrogen-bond donors (Lipinski definition) is 1. The van der Waals surface area contributed by atoms with Crippen LogP contribution in [-0.2, 0) is 22.6 Å². The largest absolute Gasteiger partial charge is 0.456 e. The molecule has 1 N–H and O–H groups in total. The Kier molecular flexibility index (Phi) is 6.15. The molecule has 0 aromatic heterocycles. The molecule has 0 radical (unpaired) electrons. The van der Waals surface area contributed by atoms with E-state index in [0.717, 1.165) is 17.5 Å². The molecule has 108 valence electrons. The lowest BCUT2D eigenvalue weighted by atomic mass is 10.1. The van der Waals surface area contributed by atoms with Crippen LogP contribution in [0.4, 0.5) is 0 Å². The van der Waals surface area contributed by atoms with Gasteiger partial charge in [-0.3, -0.25) is 10.1 Å². The fourth-order valence-electron chi connectivity index (χ4n) is 1.66. The van der Waals surface area contributed by atoms with E-state index < -0.39 is 17.4 Å². The van der Waals surface area contributed by atoms with Crippen LogP contribution in [-0.4, -0.2) is 28.4 Å². The summed E-state index contributed by atoms with van der Waals surface area (Å²) in [6, 6.07) is 7.48. The minimum absolute atomic E-state index is 0.0420. The Balaban J connectivity index is 2.59. The molecule has 0 spiro atoms. The minimum atomic E-state index is -0.847. The van der Waals surface area contributed by atoms with Crippen molar-refractivity contribution in [1.29, 1.82) is 0 Å². The molecule has 0 aliphatic rings. The van der Waals surface area contributed by atoms with Crippen molar-refractivity contribution in [3.8, 4) is 0 Å². The molecule has 0 atom stereocenters. The monoisotopic (exact) mass is 280 g/mol. The second-order valence-electron chi connectivity index (χ2n) is 4.05. The minimum Gasteiger partial charge on any atom is -0.456 e. The van der Waals surface area contributed by atoms with Gasteiger partial charge in [0.1, 0.15) is 6.61 Å². The van der Waals surface area contributed by atoms with Crippen LogP contribution in [0.3, 0.4) is 0 Å². The summed E-state index contributed by atoms with van der Waals surface area (Å²) in [5, 5.41) is 21.6. The number of oxime groups is 1. The van der Waals surface area contributed by atoms with Gasteiger partial charge in [-0.05, 0) is 17.5 Å². The van der Waals surface area contributed by atoms with Crippen LogP contribution in [0.1, 0.15) is 24.5 Å². The summed E-state index contributed by atoms with van der Waals surface area (Å²) in [5.74, 6) is -0.847. The summed E-state index contributed by atoms with van der Waals surface area (Å²) in [6.45, 7) is 1.54. The normalized spacial score (nSPS) is 11.2. The average Bonchev–Trinajstić information content (AvgIpc) is 2.45. The lowest BCUT2D eigenvalue weighted by Crippen LogP contribution is -2.21. The summed E-state index contributed by atoms with van der Waals surface area (Å²) in [6.07, 6.45) is 0.535. The zero-order valence-electron chi connectivity index (χ0n) is 11.1. The van der Waals surface area contributed by atoms with Crippen molar-refractivity contribution < 1.29 is 19.7 Å². The summed E-state index contributed by atoms with van der Waals surface area (Å²) in [4.78, 5) is 21.3. The molecule has 20 heavy (non-hydrogen) atoms. The third-order valence-electron chi connectivity index (χ3n) is 2.75. The first-order chi connectivity index (χ1) is 9.58. The molecule has 0 aliphatic carbocycles. The summed E-state index contributed by atoms with van der Waals surface area (Å²) >= 11 is 0. The number of nitrogens with zero attached hydrogens (tertiary/aromatic N) is 2. The van der Waals surface area contributed by atoms with Gasteiger partial charge in [-0.15, -0.1) is 0 Å². The molecule has 0 fully saturated rings. The SMILES string of the molecule is CCc1ccccc1COC(=O)C(CC[N+](=O)[O-])=NO. The van der Waals surface area contributed by atoms with E-state index in [2.05, 4.69) is 5.16 Å². The number of carbonyl (C=O) groups excluding carboxylic acids is 1. The Bertz CT molecular complexity index is 513. The van der Waals surface area contributed by atoms with E-state index in [1.54, 1.807) is 0 Å². The van der Waals surface area contributed by atoms with Gasteiger partial charge < -0.3 is 9.94 Å². The molecule has 1 rings (SSSR count). The molecule has 0 saturated heterocycles. The van der Waals surface area contributed by atoms with Crippen LogP contribution in [0, 0.1) is 10.1 Å². The van der Waals surface area contributed by atoms with Gasteiger partial charge in [0, 0.05) is 4.92 Å². The molecule has 0 heterocycles. The van der Waals surface area contributed by atoms with Crippen molar-refractivity contribution in [2.24, 2.45) is 5.16 Å². The fraction of sp³-hybridized carbons (Fsp3) is 0.385. The van der Waals surface area contributed by atoms with Crippen LogP contribution in [0.25, 0.3) is 0 Å². The van der Waals surface area contributed by atoms with E-state index in [1.807, 2.05) is 31.2 Å². The third-order valence-corrected chi connectivity index (χ3v) is 2.75. The Morgan fingerprint density at radius 1 is 1.40 bits per heavy atom. The predicted octanol–water partition coefficient (Wildman–Crippen LogP) is 1.79.